The molecule has 3 heterocycles. The van der Waals surface area contributed by atoms with Gasteiger partial charge in [0.25, 0.3) is 11.8 Å². The lowest BCUT2D eigenvalue weighted by molar-refractivity contribution is 0.440. The van der Waals surface area contributed by atoms with Gasteiger partial charge in [0.1, 0.15) is 11.3 Å². The molecule has 0 unspecified atom stereocenters. The van der Waals surface area contributed by atoms with E-state index in [1.54, 1.807) is 0 Å². The van der Waals surface area contributed by atoms with Crippen LogP contribution in [-0.2, 0) is 5.41 Å². The molecule has 30 heavy (non-hydrogen) atoms. The maximum absolute atomic E-state index is 6.33. The summed E-state index contributed by atoms with van der Waals surface area (Å²) in [4.78, 5) is 2.08. The molecule has 0 bridgehead atoms. The van der Waals surface area contributed by atoms with Gasteiger partial charge in [-0.25, -0.2) is 4.90 Å². The largest absolute Gasteiger partial charge is 0.445 e. The van der Waals surface area contributed by atoms with Gasteiger partial charge in [0.2, 0.25) is 0 Å². The standard InChI is InChI=1S/C26H27NO3/c1-14-8-9-20-19(10-14)23-25(30-20)27(24-21(29-23)13-17(4)28-24)22-15(2)11-18(12-16(22)3)26(5,6)7/h8-13H,1-7H3. The Labute approximate surface area is 177 Å². The Morgan fingerprint density at radius 3 is 2.17 bits per heavy atom. The first-order chi connectivity index (χ1) is 14.1. The van der Waals surface area contributed by atoms with Crippen LogP contribution in [0.2, 0.25) is 0 Å². The molecule has 0 fully saturated rings. The van der Waals surface area contributed by atoms with Crippen LogP contribution in [0, 0.1) is 27.7 Å². The molecule has 5 rings (SSSR count). The first-order valence-electron chi connectivity index (χ1n) is 10.4. The zero-order valence-corrected chi connectivity index (χ0v) is 18.6. The van der Waals surface area contributed by atoms with Gasteiger partial charge in [0.05, 0.1) is 11.1 Å². The molecule has 1 aliphatic rings. The van der Waals surface area contributed by atoms with Crippen molar-refractivity contribution in [1.82, 2.24) is 0 Å². The predicted molar refractivity (Wildman–Crippen MR) is 121 cm³/mol. The van der Waals surface area contributed by atoms with Gasteiger partial charge >= 0.3 is 0 Å². The maximum Gasteiger partial charge on any atom is 0.251 e. The van der Waals surface area contributed by atoms with Crippen LogP contribution in [-0.4, -0.2) is 0 Å². The summed E-state index contributed by atoms with van der Waals surface area (Å²) in [5.74, 6) is 3.57. The van der Waals surface area contributed by atoms with E-state index in [0.717, 1.165) is 33.7 Å². The monoisotopic (exact) mass is 401 g/mol. The van der Waals surface area contributed by atoms with E-state index in [2.05, 4.69) is 70.7 Å². The summed E-state index contributed by atoms with van der Waals surface area (Å²) in [5.41, 5.74) is 6.77. The highest BCUT2D eigenvalue weighted by atomic mass is 16.5. The lowest BCUT2D eigenvalue weighted by Crippen LogP contribution is -2.18. The smallest absolute Gasteiger partial charge is 0.251 e. The van der Waals surface area contributed by atoms with E-state index in [4.69, 9.17) is 13.6 Å². The minimum Gasteiger partial charge on any atom is -0.445 e. The summed E-state index contributed by atoms with van der Waals surface area (Å²) in [6, 6.07) is 12.6. The molecule has 0 N–H and O–H groups in total. The third kappa shape index (κ3) is 2.74. The topological polar surface area (TPSA) is 38.8 Å². The summed E-state index contributed by atoms with van der Waals surface area (Å²) in [5, 5.41) is 0.973. The Morgan fingerprint density at radius 1 is 0.800 bits per heavy atom. The second-order valence-electron chi connectivity index (χ2n) is 9.41. The van der Waals surface area contributed by atoms with Crippen LogP contribution >= 0.6 is 0 Å². The Morgan fingerprint density at radius 2 is 1.50 bits per heavy atom. The second kappa shape index (κ2) is 6.18. The Kier molecular flexibility index (Phi) is 3.88. The quantitative estimate of drug-likeness (QED) is 0.284. The molecule has 2 aromatic heterocycles. The average Bonchev–Trinajstić information content (AvgIpc) is 3.19. The average molecular weight is 402 g/mol. The van der Waals surface area contributed by atoms with Crippen molar-refractivity contribution < 1.29 is 13.6 Å². The third-order valence-electron chi connectivity index (χ3n) is 5.78. The number of rotatable bonds is 1. The third-order valence-corrected chi connectivity index (χ3v) is 5.78. The molecule has 0 amide bonds. The molecule has 0 radical (unpaired) electrons. The van der Waals surface area contributed by atoms with E-state index in [9.17, 15) is 0 Å². The van der Waals surface area contributed by atoms with Gasteiger partial charge in [0.15, 0.2) is 11.5 Å². The number of hydrogen-bond acceptors (Lipinski definition) is 4. The SMILES string of the molecule is Cc1ccc2oc3c(c2c1)Oc1cc(C)oc1N3c1c(C)cc(C(C)(C)C)cc1C. The highest BCUT2D eigenvalue weighted by Crippen LogP contribution is 2.56. The molecule has 0 saturated heterocycles. The van der Waals surface area contributed by atoms with E-state index in [0.29, 0.717) is 17.5 Å². The molecule has 4 heteroatoms. The predicted octanol–water partition coefficient (Wildman–Crippen LogP) is 8.13. The van der Waals surface area contributed by atoms with Gasteiger partial charge in [-0.2, -0.15) is 0 Å². The van der Waals surface area contributed by atoms with E-state index < -0.39 is 0 Å². The van der Waals surface area contributed by atoms with Crippen molar-refractivity contribution in [3.05, 3.63) is 64.4 Å². The summed E-state index contributed by atoms with van der Waals surface area (Å²) in [7, 11) is 0. The van der Waals surface area contributed by atoms with Gasteiger partial charge in [-0.05, 0) is 61.9 Å². The van der Waals surface area contributed by atoms with Crippen molar-refractivity contribution in [2.24, 2.45) is 0 Å². The molecule has 1 aliphatic heterocycles. The maximum atomic E-state index is 6.33. The fraction of sp³-hybridized carbons (Fsp3) is 0.308. The fourth-order valence-corrected chi connectivity index (χ4v) is 4.28. The van der Waals surface area contributed by atoms with Crippen LogP contribution in [0.25, 0.3) is 11.0 Å². The Balaban J connectivity index is 1.80. The zero-order chi connectivity index (χ0) is 21.4. The Bertz CT molecular complexity index is 1280. The highest BCUT2D eigenvalue weighted by Gasteiger charge is 2.36. The lowest BCUT2D eigenvalue weighted by Gasteiger charge is -2.30. The number of nitrogens with zero attached hydrogens (tertiary/aromatic N) is 1. The first-order valence-corrected chi connectivity index (χ1v) is 10.4. The van der Waals surface area contributed by atoms with Gasteiger partial charge in [-0.1, -0.05) is 44.5 Å². The molecule has 4 aromatic rings. The summed E-state index contributed by atoms with van der Waals surface area (Å²) >= 11 is 0. The molecule has 0 aliphatic carbocycles. The molecular weight excluding hydrogens is 374 g/mol. The van der Waals surface area contributed by atoms with Crippen molar-refractivity contribution in [3.8, 4) is 11.5 Å². The molecule has 0 atom stereocenters. The van der Waals surface area contributed by atoms with Crippen molar-refractivity contribution in [3.63, 3.8) is 0 Å². The van der Waals surface area contributed by atoms with Crippen molar-refractivity contribution in [2.45, 2.75) is 53.9 Å². The lowest BCUT2D eigenvalue weighted by atomic mass is 9.84. The zero-order valence-electron chi connectivity index (χ0n) is 18.6. The van der Waals surface area contributed by atoms with Crippen LogP contribution in [0.4, 0.5) is 17.5 Å². The van der Waals surface area contributed by atoms with Gasteiger partial charge in [-0.15, -0.1) is 0 Å². The fourth-order valence-electron chi connectivity index (χ4n) is 4.28. The van der Waals surface area contributed by atoms with Crippen LogP contribution < -0.4 is 9.64 Å². The van der Waals surface area contributed by atoms with Crippen molar-refractivity contribution in [1.29, 1.82) is 0 Å². The summed E-state index contributed by atoms with van der Waals surface area (Å²) < 4.78 is 18.7. The molecule has 0 spiro atoms. The number of fused-ring (bicyclic) bond motifs is 4. The molecule has 0 saturated carbocycles. The van der Waals surface area contributed by atoms with E-state index in [1.165, 1.54) is 16.7 Å². The van der Waals surface area contributed by atoms with Crippen LogP contribution in [0.5, 0.6) is 11.5 Å². The van der Waals surface area contributed by atoms with Gasteiger partial charge in [0, 0.05) is 6.07 Å². The number of anilines is 3. The van der Waals surface area contributed by atoms with E-state index in [-0.39, 0.29) is 5.41 Å². The number of benzene rings is 2. The number of ether oxygens (including phenoxy) is 1. The number of furan rings is 2. The second-order valence-corrected chi connectivity index (χ2v) is 9.41. The summed E-state index contributed by atoms with van der Waals surface area (Å²) in [6.07, 6.45) is 0. The first kappa shape index (κ1) is 18.9. The molecule has 4 nitrogen and oxygen atoms in total. The summed E-state index contributed by atoms with van der Waals surface area (Å²) in [6.45, 7) is 15.0. The van der Waals surface area contributed by atoms with Crippen molar-refractivity contribution in [2.75, 3.05) is 4.90 Å². The normalized spacial score (nSPS) is 13.4. The molecule has 2 aromatic carbocycles. The number of hydrogen-bond donors (Lipinski definition) is 0. The highest BCUT2D eigenvalue weighted by molar-refractivity contribution is 5.96. The van der Waals surface area contributed by atoms with Gasteiger partial charge < -0.3 is 13.6 Å². The molecule has 154 valence electrons. The van der Waals surface area contributed by atoms with E-state index >= 15 is 0 Å². The van der Waals surface area contributed by atoms with Crippen LogP contribution in [0.3, 0.4) is 0 Å². The van der Waals surface area contributed by atoms with E-state index in [1.807, 2.05) is 19.1 Å². The minimum atomic E-state index is 0.0769. The Hall–Kier alpha value is -3.14. The van der Waals surface area contributed by atoms with Crippen LogP contribution in [0.1, 0.15) is 48.8 Å². The van der Waals surface area contributed by atoms with Crippen molar-refractivity contribution >= 4 is 28.4 Å². The van der Waals surface area contributed by atoms with Gasteiger partial charge in [-0.3, -0.25) is 0 Å². The van der Waals surface area contributed by atoms with Crippen LogP contribution in [0.15, 0.2) is 45.2 Å². The minimum absolute atomic E-state index is 0.0769. The number of aryl methyl sites for hydroxylation is 4. The molecular formula is C26H27NO3.